The van der Waals surface area contributed by atoms with Gasteiger partial charge in [0.25, 0.3) is 0 Å². The zero-order chi connectivity index (χ0) is 13.9. The predicted octanol–water partition coefficient (Wildman–Crippen LogP) is 3.21. The monoisotopic (exact) mass is 290 g/mol. The van der Waals surface area contributed by atoms with Gasteiger partial charge in [-0.15, -0.1) is 11.3 Å². The molecule has 5 heteroatoms. The van der Waals surface area contributed by atoms with Crippen LogP contribution in [-0.4, -0.2) is 41.0 Å². The molecule has 0 bridgehead atoms. The van der Waals surface area contributed by atoms with Gasteiger partial charge in [-0.05, 0) is 45.3 Å². The second-order valence-corrected chi connectivity index (χ2v) is 6.72. The molecule has 3 heterocycles. The fourth-order valence-electron chi connectivity index (χ4n) is 2.83. The summed E-state index contributed by atoms with van der Waals surface area (Å²) in [7, 11) is 0. The van der Waals surface area contributed by atoms with Gasteiger partial charge in [0.15, 0.2) is 0 Å². The normalized spacial score (nSPS) is 16.7. The van der Waals surface area contributed by atoms with Gasteiger partial charge in [0.1, 0.15) is 17.0 Å². The largest absolute Gasteiger partial charge is 0.368 e. The maximum Gasteiger partial charge on any atom is 0.138 e. The van der Waals surface area contributed by atoms with Crippen molar-refractivity contribution in [3.05, 3.63) is 16.8 Å². The van der Waals surface area contributed by atoms with Gasteiger partial charge in [0.2, 0.25) is 0 Å². The minimum absolute atomic E-state index is 0.959. The minimum Gasteiger partial charge on any atom is -0.368 e. The fraction of sp³-hybridized carbons (Fsp3) is 0.600. The highest BCUT2D eigenvalue weighted by Crippen LogP contribution is 2.32. The molecule has 1 N–H and O–H groups in total. The Hall–Kier alpha value is -1.20. The SMILES string of the molecule is Cc1sc2ncnc(NCCN3CCCCC3)c2c1C. The quantitative estimate of drug-likeness (QED) is 0.939. The molecule has 1 aliphatic rings. The number of piperidine rings is 1. The van der Waals surface area contributed by atoms with Gasteiger partial charge in [-0.25, -0.2) is 9.97 Å². The molecule has 0 atom stereocenters. The number of hydrogen-bond acceptors (Lipinski definition) is 5. The maximum absolute atomic E-state index is 4.43. The van der Waals surface area contributed by atoms with E-state index in [-0.39, 0.29) is 0 Å². The van der Waals surface area contributed by atoms with E-state index < -0.39 is 0 Å². The van der Waals surface area contributed by atoms with Crippen molar-refractivity contribution in [2.45, 2.75) is 33.1 Å². The minimum atomic E-state index is 0.959. The van der Waals surface area contributed by atoms with Gasteiger partial charge in [-0.3, -0.25) is 0 Å². The van der Waals surface area contributed by atoms with Crippen LogP contribution in [0.3, 0.4) is 0 Å². The number of hydrogen-bond donors (Lipinski definition) is 1. The number of nitrogens with one attached hydrogen (secondary N) is 1. The van der Waals surface area contributed by atoms with Crippen LogP contribution in [0, 0.1) is 13.8 Å². The number of fused-ring (bicyclic) bond motifs is 1. The molecule has 3 rings (SSSR count). The van der Waals surface area contributed by atoms with E-state index in [0.717, 1.165) is 23.7 Å². The summed E-state index contributed by atoms with van der Waals surface area (Å²) < 4.78 is 0. The third kappa shape index (κ3) is 2.79. The Morgan fingerprint density at radius 2 is 2.00 bits per heavy atom. The molecule has 0 spiro atoms. The van der Waals surface area contributed by atoms with Gasteiger partial charge in [-0.1, -0.05) is 6.42 Å². The van der Waals surface area contributed by atoms with E-state index in [2.05, 4.69) is 34.0 Å². The number of aryl methyl sites for hydroxylation is 2. The number of nitrogens with zero attached hydrogens (tertiary/aromatic N) is 3. The first kappa shape index (κ1) is 13.8. The van der Waals surface area contributed by atoms with Gasteiger partial charge >= 0.3 is 0 Å². The molecule has 0 radical (unpaired) electrons. The maximum atomic E-state index is 4.43. The third-order valence-electron chi connectivity index (χ3n) is 4.13. The van der Waals surface area contributed by atoms with Crippen molar-refractivity contribution in [3.63, 3.8) is 0 Å². The highest BCUT2D eigenvalue weighted by molar-refractivity contribution is 7.18. The van der Waals surface area contributed by atoms with Crippen LogP contribution in [0.5, 0.6) is 0 Å². The first-order chi connectivity index (χ1) is 9.75. The van der Waals surface area contributed by atoms with Crippen LogP contribution < -0.4 is 5.32 Å². The van der Waals surface area contributed by atoms with Crippen LogP contribution in [0.2, 0.25) is 0 Å². The second-order valence-electron chi connectivity index (χ2n) is 5.51. The lowest BCUT2D eigenvalue weighted by molar-refractivity contribution is 0.237. The average Bonchev–Trinajstić information content (AvgIpc) is 2.76. The number of aromatic nitrogens is 2. The Balaban J connectivity index is 1.68. The molecular weight excluding hydrogens is 268 g/mol. The molecule has 0 unspecified atom stereocenters. The summed E-state index contributed by atoms with van der Waals surface area (Å²) in [4.78, 5) is 13.8. The number of thiophene rings is 1. The van der Waals surface area contributed by atoms with E-state index in [4.69, 9.17) is 0 Å². The molecule has 1 saturated heterocycles. The van der Waals surface area contributed by atoms with Crippen molar-refractivity contribution in [2.75, 3.05) is 31.5 Å². The average molecular weight is 290 g/mol. The van der Waals surface area contributed by atoms with E-state index in [9.17, 15) is 0 Å². The first-order valence-corrected chi connectivity index (χ1v) is 8.24. The topological polar surface area (TPSA) is 41.1 Å². The highest BCUT2D eigenvalue weighted by Gasteiger charge is 2.13. The van der Waals surface area contributed by atoms with Gasteiger partial charge in [0, 0.05) is 18.0 Å². The zero-order valence-corrected chi connectivity index (χ0v) is 13.1. The molecule has 108 valence electrons. The summed E-state index contributed by atoms with van der Waals surface area (Å²) in [6, 6.07) is 0. The fourth-order valence-corrected chi connectivity index (χ4v) is 3.83. The lowest BCUT2D eigenvalue weighted by atomic mass is 10.1. The van der Waals surface area contributed by atoms with E-state index in [0.29, 0.717) is 0 Å². The molecule has 1 fully saturated rings. The third-order valence-corrected chi connectivity index (χ3v) is 5.25. The molecular formula is C15H22N4S. The van der Waals surface area contributed by atoms with Crippen molar-refractivity contribution in [1.82, 2.24) is 14.9 Å². The number of rotatable bonds is 4. The molecule has 0 aliphatic carbocycles. The Morgan fingerprint density at radius 3 is 2.80 bits per heavy atom. The lowest BCUT2D eigenvalue weighted by Gasteiger charge is -2.26. The highest BCUT2D eigenvalue weighted by atomic mass is 32.1. The van der Waals surface area contributed by atoms with E-state index in [1.165, 1.54) is 48.2 Å². The Kier molecular flexibility index (Phi) is 4.17. The molecule has 4 nitrogen and oxygen atoms in total. The van der Waals surface area contributed by atoms with E-state index >= 15 is 0 Å². The van der Waals surface area contributed by atoms with Crippen LogP contribution in [0.25, 0.3) is 10.2 Å². The van der Waals surface area contributed by atoms with Crippen molar-refractivity contribution in [2.24, 2.45) is 0 Å². The van der Waals surface area contributed by atoms with Crippen molar-refractivity contribution < 1.29 is 0 Å². The summed E-state index contributed by atoms with van der Waals surface area (Å²) in [5, 5.41) is 4.71. The van der Waals surface area contributed by atoms with Gasteiger partial charge in [0.05, 0.1) is 5.39 Å². The molecule has 1 aliphatic heterocycles. The first-order valence-electron chi connectivity index (χ1n) is 7.42. The standard InChI is InChI=1S/C15H22N4S/c1-11-12(2)20-15-13(11)14(17-10-18-15)16-6-9-19-7-4-3-5-8-19/h10H,3-9H2,1-2H3,(H,16,17,18). The van der Waals surface area contributed by atoms with Gasteiger partial charge in [-0.2, -0.15) is 0 Å². The molecule has 0 aromatic carbocycles. The summed E-state index contributed by atoms with van der Waals surface area (Å²) in [6.07, 6.45) is 5.76. The van der Waals surface area contributed by atoms with Crippen LogP contribution in [0.4, 0.5) is 5.82 Å². The summed E-state index contributed by atoms with van der Waals surface area (Å²) in [6.45, 7) is 8.87. The molecule has 20 heavy (non-hydrogen) atoms. The molecule has 0 amide bonds. The van der Waals surface area contributed by atoms with Gasteiger partial charge < -0.3 is 10.2 Å². The van der Waals surface area contributed by atoms with Crippen molar-refractivity contribution in [3.8, 4) is 0 Å². The second kappa shape index (κ2) is 6.06. The Morgan fingerprint density at radius 1 is 1.20 bits per heavy atom. The summed E-state index contributed by atoms with van der Waals surface area (Å²) in [5.74, 6) is 0.994. The van der Waals surface area contributed by atoms with E-state index in [1.54, 1.807) is 17.7 Å². The van der Waals surface area contributed by atoms with Crippen LogP contribution in [0.15, 0.2) is 6.33 Å². The molecule has 2 aromatic heterocycles. The van der Waals surface area contributed by atoms with Crippen LogP contribution in [-0.2, 0) is 0 Å². The number of likely N-dealkylation sites (tertiary alicyclic amines) is 1. The van der Waals surface area contributed by atoms with Crippen molar-refractivity contribution >= 4 is 27.4 Å². The molecule has 2 aromatic rings. The van der Waals surface area contributed by atoms with E-state index in [1.807, 2.05) is 0 Å². The van der Waals surface area contributed by atoms with Crippen molar-refractivity contribution in [1.29, 1.82) is 0 Å². The molecule has 0 saturated carbocycles. The summed E-state index contributed by atoms with van der Waals surface area (Å²) in [5.41, 5.74) is 1.31. The smallest absolute Gasteiger partial charge is 0.138 e. The summed E-state index contributed by atoms with van der Waals surface area (Å²) >= 11 is 1.75. The Bertz CT molecular complexity index is 587. The Labute approximate surface area is 124 Å². The lowest BCUT2D eigenvalue weighted by Crippen LogP contribution is -2.33. The van der Waals surface area contributed by atoms with Crippen LogP contribution >= 0.6 is 11.3 Å². The zero-order valence-electron chi connectivity index (χ0n) is 12.3. The predicted molar refractivity (Wildman–Crippen MR) is 85.7 cm³/mol. The van der Waals surface area contributed by atoms with Crippen LogP contribution in [0.1, 0.15) is 29.7 Å². The number of anilines is 1.